The van der Waals surface area contributed by atoms with Crippen molar-refractivity contribution in [3.05, 3.63) is 0 Å². The fraction of sp³-hybridized carbons (Fsp3) is 0.917. The molecular formula is C12H26N2O. The van der Waals surface area contributed by atoms with Gasteiger partial charge in [0.1, 0.15) is 0 Å². The standard InChI is InChI=1S/C12H26N2O/c1-4-7-8-9-11(15)14-10-12(13,5-2)6-3/h4-10,13H2,1-3H3,(H,14,15). The van der Waals surface area contributed by atoms with Crippen LogP contribution in [0.2, 0.25) is 0 Å². The zero-order valence-electron chi connectivity index (χ0n) is 10.4. The molecule has 15 heavy (non-hydrogen) atoms. The highest BCUT2D eigenvalue weighted by Crippen LogP contribution is 2.09. The molecule has 0 saturated heterocycles. The molecule has 0 aromatic heterocycles. The number of unbranched alkanes of at least 4 members (excludes halogenated alkanes) is 2. The Kier molecular flexibility index (Phi) is 7.39. The van der Waals surface area contributed by atoms with E-state index in [0.717, 1.165) is 32.1 Å². The third-order valence-corrected chi connectivity index (χ3v) is 3.05. The molecule has 3 N–H and O–H groups in total. The van der Waals surface area contributed by atoms with E-state index in [9.17, 15) is 4.79 Å². The van der Waals surface area contributed by atoms with E-state index in [0.29, 0.717) is 13.0 Å². The summed E-state index contributed by atoms with van der Waals surface area (Å²) in [6.07, 6.45) is 5.70. The molecule has 3 nitrogen and oxygen atoms in total. The molecule has 0 atom stereocenters. The summed E-state index contributed by atoms with van der Waals surface area (Å²) in [5, 5.41) is 2.92. The van der Waals surface area contributed by atoms with E-state index < -0.39 is 0 Å². The minimum absolute atomic E-state index is 0.139. The second-order valence-corrected chi connectivity index (χ2v) is 4.30. The van der Waals surface area contributed by atoms with Gasteiger partial charge >= 0.3 is 0 Å². The van der Waals surface area contributed by atoms with E-state index >= 15 is 0 Å². The number of nitrogens with two attached hydrogens (primary N) is 1. The van der Waals surface area contributed by atoms with Gasteiger partial charge in [0.2, 0.25) is 5.91 Å². The number of hydrogen-bond acceptors (Lipinski definition) is 2. The average molecular weight is 214 g/mol. The first kappa shape index (κ1) is 14.4. The van der Waals surface area contributed by atoms with Crippen LogP contribution in [0.3, 0.4) is 0 Å². The van der Waals surface area contributed by atoms with Gasteiger partial charge < -0.3 is 11.1 Å². The van der Waals surface area contributed by atoms with Crippen LogP contribution in [-0.4, -0.2) is 18.0 Å². The van der Waals surface area contributed by atoms with E-state index in [2.05, 4.69) is 26.1 Å². The molecule has 0 radical (unpaired) electrons. The molecule has 0 fully saturated rings. The maximum absolute atomic E-state index is 11.4. The minimum Gasteiger partial charge on any atom is -0.354 e. The van der Waals surface area contributed by atoms with E-state index in [-0.39, 0.29) is 11.4 Å². The molecule has 0 bridgehead atoms. The van der Waals surface area contributed by atoms with Crippen LogP contribution in [0.15, 0.2) is 0 Å². The van der Waals surface area contributed by atoms with Crippen molar-refractivity contribution in [2.45, 2.75) is 64.8 Å². The third-order valence-electron chi connectivity index (χ3n) is 3.05. The summed E-state index contributed by atoms with van der Waals surface area (Å²) in [7, 11) is 0. The number of hydrogen-bond donors (Lipinski definition) is 2. The van der Waals surface area contributed by atoms with Crippen LogP contribution in [0.1, 0.15) is 59.3 Å². The van der Waals surface area contributed by atoms with Gasteiger partial charge in [-0.05, 0) is 19.3 Å². The molecule has 3 heteroatoms. The topological polar surface area (TPSA) is 55.1 Å². The molecular weight excluding hydrogens is 188 g/mol. The summed E-state index contributed by atoms with van der Waals surface area (Å²) in [6, 6.07) is 0. The van der Waals surface area contributed by atoms with Crippen molar-refractivity contribution in [3.8, 4) is 0 Å². The highest BCUT2D eigenvalue weighted by Gasteiger charge is 2.20. The summed E-state index contributed by atoms with van der Waals surface area (Å²) in [5.74, 6) is 0.139. The minimum atomic E-state index is -0.222. The lowest BCUT2D eigenvalue weighted by atomic mass is 9.94. The molecule has 0 aliphatic rings. The molecule has 0 aromatic carbocycles. The lowest BCUT2D eigenvalue weighted by Gasteiger charge is -2.26. The van der Waals surface area contributed by atoms with Crippen molar-refractivity contribution in [2.75, 3.05) is 6.54 Å². The van der Waals surface area contributed by atoms with Crippen molar-refractivity contribution < 1.29 is 4.79 Å². The van der Waals surface area contributed by atoms with Gasteiger partial charge in [0, 0.05) is 18.5 Å². The smallest absolute Gasteiger partial charge is 0.220 e. The zero-order chi connectivity index (χ0) is 11.7. The Labute approximate surface area is 93.8 Å². The van der Waals surface area contributed by atoms with Crippen molar-refractivity contribution in [3.63, 3.8) is 0 Å². The van der Waals surface area contributed by atoms with Crippen LogP contribution in [0.4, 0.5) is 0 Å². The molecule has 90 valence electrons. The highest BCUT2D eigenvalue weighted by molar-refractivity contribution is 5.75. The SMILES string of the molecule is CCCCCC(=O)NCC(N)(CC)CC. The maximum atomic E-state index is 11.4. The molecule has 1 amide bonds. The number of rotatable bonds is 8. The first-order valence-electron chi connectivity index (χ1n) is 6.13. The fourth-order valence-corrected chi connectivity index (χ4v) is 1.40. The number of carbonyl (C=O) groups excluding carboxylic acids is 1. The first-order chi connectivity index (χ1) is 7.08. The van der Waals surface area contributed by atoms with Gasteiger partial charge in [-0.25, -0.2) is 0 Å². The van der Waals surface area contributed by atoms with Gasteiger partial charge in [-0.15, -0.1) is 0 Å². The Morgan fingerprint density at radius 2 is 1.80 bits per heavy atom. The van der Waals surface area contributed by atoms with Gasteiger partial charge in [0.05, 0.1) is 0 Å². The van der Waals surface area contributed by atoms with Crippen molar-refractivity contribution in [2.24, 2.45) is 5.73 Å². The molecule has 0 aliphatic heterocycles. The third kappa shape index (κ3) is 6.50. The molecule has 0 aliphatic carbocycles. The van der Waals surface area contributed by atoms with Crippen LogP contribution in [-0.2, 0) is 4.79 Å². The summed E-state index contributed by atoms with van der Waals surface area (Å²) < 4.78 is 0. The van der Waals surface area contributed by atoms with E-state index in [1.165, 1.54) is 0 Å². The van der Waals surface area contributed by atoms with Crippen LogP contribution in [0.5, 0.6) is 0 Å². The predicted molar refractivity (Wildman–Crippen MR) is 64.7 cm³/mol. The van der Waals surface area contributed by atoms with Crippen molar-refractivity contribution in [1.82, 2.24) is 5.32 Å². The van der Waals surface area contributed by atoms with Crippen LogP contribution in [0.25, 0.3) is 0 Å². The van der Waals surface area contributed by atoms with Gasteiger partial charge in [-0.2, -0.15) is 0 Å². The van der Waals surface area contributed by atoms with Gasteiger partial charge in [0.15, 0.2) is 0 Å². The number of amides is 1. The Morgan fingerprint density at radius 3 is 2.27 bits per heavy atom. The molecule has 0 heterocycles. The van der Waals surface area contributed by atoms with E-state index in [4.69, 9.17) is 5.73 Å². The molecule has 0 spiro atoms. The van der Waals surface area contributed by atoms with Crippen LogP contribution in [0, 0.1) is 0 Å². The summed E-state index contributed by atoms with van der Waals surface area (Å²) in [6.45, 7) is 6.86. The lowest BCUT2D eigenvalue weighted by molar-refractivity contribution is -0.121. The lowest BCUT2D eigenvalue weighted by Crippen LogP contribution is -2.49. The van der Waals surface area contributed by atoms with Crippen LogP contribution < -0.4 is 11.1 Å². The maximum Gasteiger partial charge on any atom is 0.220 e. The van der Waals surface area contributed by atoms with Gasteiger partial charge in [-0.3, -0.25) is 4.79 Å². The molecule has 0 rings (SSSR count). The summed E-state index contributed by atoms with van der Waals surface area (Å²) in [4.78, 5) is 11.4. The normalized spacial score (nSPS) is 11.5. The Hall–Kier alpha value is -0.570. The van der Waals surface area contributed by atoms with Gasteiger partial charge in [-0.1, -0.05) is 33.6 Å². The highest BCUT2D eigenvalue weighted by atomic mass is 16.1. The first-order valence-corrected chi connectivity index (χ1v) is 6.13. The Balaban J connectivity index is 3.69. The van der Waals surface area contributed by atoms with Crippen molar-refractivity contribution >= 4 is 5.91 Å². The molecule has 0 unspecified atom stereocenters. The number of carbonyl (C=O) groups is 1. The molecule has 0 aromatic rings. The van der Waals surface area contributed by atoms with E-state index in [1.807, 2.05) is 0 Å². The second-order valence-electron chi connectivity index (χ2n) is 4.30. The largest absolute Gasteiger partial charge is 0.354 e. The van der Waals surface area contributed by atoms with Gasteiger partial charge in [0.25, 0.3) is 0 Å². The van der Waals surface area contributed by atoms with E-state index in [1.54, 1.807) is 0 Å². The summed E-state index contributed by atoms with van der Waals surface area (Å²) in [5.41, 5.74) is 5.86. The molecule has 0 saturated carbocycles. The fourth-order valence-electron chi connectivity index (χ4n) is 1.40. The van der Waals surface area contributed by atoms with Crippen LogP contribution >= 0.6 is 0 Å². The quantitative estimate of drug-likeness (QED) is 0.609. The number of nitrogens with one attached hydrogen (secondary N) is 1. The average Bonchev–Trinajstić information content (AvgIpc) is 2.26. The monoisotopic (exact) mass is 214 g/mol. The Bertz CT molecular complexity index is 176. The van der Waals surface area contributed by atoms with Crippen molar-refractivity contribution in [1.29, 1.82) is 0 Å². The predicted octanol–water partition coefficient (Wildman–Crippen LogP) is 2.20. The second kappa shape index (κ2) is 7.69. The Morgan fingerprint density at radius 1 is 1.20 bits per heavy atom. The zero-order valence-corrected chi connectivity index (χ0v) is 10.4. The summed E-state index contributed by atoms with van der Waals surface area (Å²) >= 11 is 0.